The minimum atomic E-state index is -1.11. The number of carbonyl (C=O) groups is 3. The van der Waals surface area contributed by atoms with E-state index in [9.17, 15) is 14.4 Å². The molecule has 7 heteroatoms. The van der Waals surface area contributed by atoms with Gasteiger partial charge in [0.25, 0.3) is 11.7 Å². The summed E-state index contributed by atoms with van der Waals surface area (Å²) in [6.07, 6.45) is 11.9. The minimum Gasteiger partial charge on any atom is -0.481 e. The molecule has 31 heavy (non-hydrogen) atoms. The summed E-state index contributed by atoms with van der Waals surface area (Å²) in [4.78, 5) is 35.9. The molecule has 2 aliphatic carbocycles. The summed E-state index contributed by atoms with van der Waals surface area (Å²) in [5.74, 6) is -2.12. The van der Waals surface area contributed by atoms with Gasteiger partial charge in [-0.2, -0.15) is 0 Å². The number of aromatic nitrogens is 1. The maximum atomic E-state index is 12.9. The Bertz CT molecular complexity index is 1190. The van der Waals surface area contributed by atoms with E-state index in [0.717, 1.165) is 48.2 Å². The van der Waals surface area contributed by atoms with Crippen LogP contribution in [0.2, 0.25) is 0 Å². The molecule has 7 nitrogen and oxygen atoms in total. The Morgan fingerprint density at radius 1 is 1.16 bits per heavy atom. The van der Waals surface area contributed by atoms with E-state index in [1.165, 1.54) is 19.3 Å². The van der Waals surface area contributed by atoms with E-state index >= 15 is 0 Å². The van der Waals surface area contributed by atoms with Crippen LogP contribution in [0.1, 0.15) is 61.0 Å². The number of nitrogens with zero attached hydrogens (tertiary/aromatic N) is 1. The number of ether oxygens (including phenoxy) is 1. The van der Waals surface area contributed by atoms with Gasteiger partial charge in [-0.1, -0.05) is 31.4 Å². The maximum absolute atomic E-state index is 12.9. The smallest absolute Gasteiger partial charge is 0.341 e. The second-order valence-corrected chi connectivity index (χ2v) is 8.54. The molecule has 2 aromatic rings. The predicted octanol–water partition coefficient (Wildman–Crippen LogP) is 2.02. The van der Waals surface area contributed by atoms with Crippen molar-refractivity contribution in [2.45, 2.75) is 58.4 Å². The van der Waals surface area contributed by atoms with Crippen molar-refractivity contribution in [1.29, 1.82) is 0 Å². The summed E-state index contributed by atoms with van der Waals surface area (Å²) in [6.45, 7) is 2.05. The van der Waals surface area contributed by atoms with Crippen LogP contribution in [0.25, 0.3) is 23.1 Å². The molecule has 4 rings (SSSR count). The van der Waals surface area contributed by atoms with Crippen molar-refractivity contribution in [3.05, 3.63) is 27.8 Å². The molecule has 0 unspecified atom stereocenters. The Balaban J connectivity index is 2.03. The summed E-state index contributed by atoms with van der Waals surface area (Å²) in [5.41, 5.74) is 7.12. The fourth-order valence-corrected chi connectivity index (χ4v) is 5.05. The third-order valence-electron chi connectivity index (χ3n) is 6.47. The molecule has 0 aliphatic heterocycles. The van der Waals surface area contributed by atoms with E-state index < -0.39 is 24.3 Å². The second kappa shape index (κ2) is 8.57. The maximum Gasteiger partial charge on any atom is 0.341 e. The zero-order valence-corrected chi connectivity index (χ0v) is 17.8. The number of rotatable bonds is 7. The molecule has 0 bridgehead atoms. The number of Topliss-reactive ketones (excluding diaryl/α,β-unsaturated/α-hetero) is 1. The molecule has 1 saturated carbocycles. The third-order valence-corrected chi connectivity index (χ3v) is 6.47. The summed E-state index contributed by atoms with van der Waals surface area (Å²) in [6, 6.07) is 1.78. The van der Waals surface area contributed by atoms with Gasteiger partial charge in [-0.15, -0.1) is 0 Å². The first kappa shape index (κ1) is 21.2. The highest BCUT2D eigenvalue weighted by Crippen LogP contribution is 2.34. The van der Waals surface area contributed by atoms with Crippen LogP contribution in [0.3, 0.4) is 0 Å². The number of carboxylic acids is 1. The minimum absolute atomic E-state index is 0.223. The molecule has 0 atom stereocenters. The van der Waals surface area contributed by atoms with E-state index in [0.29, 0.717) is 22.7 Å². The molecule has 1 fully saturated rings. The van der Waals surface area contributed by atoms with Crippen LogP contribution in [-0.2, 0) is 16.1 Å². The number of nitrogens with two attached hydrogens (primary N) is 1. The van der Waals surface area contributed by atoms with Crippen molar-refractivity contribution in [3.63, 3.8) is 0 Å². The van der Waals surface area contributed by atoms with Crippen molar-refractivity contribution in [1.82, 2.24) is 4.57 Å². The van der Waals surface area contributed by atoms with Gasteiger partial charge < -0.3 is 20.1 Å². The van der Waals surface area contributed by atoms with Gasteiger partial charge in [-0.05, 0) is 49.8 Å². The molecule has 164 valence electrons. The second-order valence-electron chi connectivity index (χ2n) is 8.54. The first-order valence-electron chi connectivity index (χ1n) is 10.9. The molecule has 2 aliphatic rings. The lowest BCUT2D eigenvalue weighted by Crippen LogP contribution is -2.30. The molecular weight excluding hydrogens is 396 g/mol. The number of primary amides is 1. The lowest BCUT2D eigenvalue weighted by Gasteiger charge is -2.23. The summed E-state index contributed by atoms with van der Waals surface area (Å²) >= 11 is 0. The monoisotopic (exact) mass is 424 g/mol. The van der Waals surface area contributed by atoms with Crippen LogP contribution in [0.5, 0.6) is 5.75 Å². The Hall–Kier alpha value is -3.09. The average molecular weight is 424 g/mol. The van der Waals surface area contributed by atoms with Crippen LogP contribution < -0.4 is 20.9 Å². The van der Waals surface area contributed by atoms with E-state index in [4.69, 9.17) is 15.6 Å². The number of ketones is 1. The molecule has 3 N–H and O–H groups in total. The van der Waals surface area contributed by atoms with Crippen LogP contribution >= 0.6 is 0 Å². The average Bonchev–Trinajstić information content (AvgIpc) is 3.04. The first-order valence-corrected chi connectivity index (χ1v) is 10.9. The van der Waals surface area contributed by atoms with Crippen molar-refractivity contribution in [2.24, 2.45) is 11.7 Å². The predicted molar refractivity (Wildman–Crippen MR) is 117 cm³/mol. The highest BCUT2D eigenvalue weighted by Gasteiger charge is 2.28. The Kier molecular flexibility index (Phi) is 5.85. The number of fused-ring (bicyclic) bond motifs is 3. The van der Waals surface area contributed by atoms with Gasteiger partial charge in [0.05, 0.1) is 16.5 Å². The third kappa shape index (κ3) is 3.96. The zero-order valence-electron chi connectivity index (χ0n) is 17.8. The number of benzene rings is 1. The lowest BCUT2D eigenvalue weighted by atomic mass is 9.89. The topological polar surface area (TPSA) is 112 Å². The van der Waals surface area contributed by atoms with Gasteiger partial charge in [-0.3, -0.25) is 9.59 Å². The molecular formula is C24H28N2O5. The standard InChI is InChI=1S/C24H28N2O5/c1-14-20(23(29)24(25)30)21-18(31-13-19(27)28)11-16-9-5-6-10-17(16)22(21)26(14)12-15-7-3-2-4-8-15/h9-11,15H,2-8,12-13H2,1H3,(H2,25,30)(H,27,28). The van der Waals surface area contributed by atoms with Crippen LogP contribution in [0, 0.1) is 12.8 Å². The summed E-state index contributed by atoms with van der Waals surface area (Å²) < 4.78 is 7.75. The molecule has 0 spiro atoms. The number of hydrogen-bond donors (Lipinski definition) is 2. The Morgan fingerprint density at radius 2 is 1.87 bits per heavy atom. The zero-order chi connectivity index (χ0) is 22.1. The molecule has 0 saturated heterocycles. The summed E-state index contributed by atoms with van der Waals surface area (Å²) in [5, 5.41) is 11.6. The fourth-order valence-electron chi connectivity index (χ4n) is 5.05. The number of amides is 1. The van der Waals surface area contributed by atoms with E-state index in [-0.39, 0.29) is 5.56 Å². The quantitative estimate of drug-likeness (QED) is 0.522. The van der Waals surface area contributed by atoms with Crippen molar-refractivity contribution >= 4 is 40.7 Å². The number of carbonyl (C=O) groups excluding carboxylic acids is 2. The Morgan fingerprint density at radius 3 is 2.55 bits per heavy atom. The van der Waals surface area contributed by atoms with Gasteiger partial charge >= 0.3 is 5.97 Å². The van der Waals surface area contributed by atoms with Gasteiger partial charge in [0, 0.05) is 17.5 Å². The van der Waals surface area contributed by atoms with Crippen LogP contribution in [-0.4, -0.2) is 33.9 Å². The van der Waals surface area contributed by atoms with Crippen LogP contribution in [0.15, 0.2) is 6.07 Å². The van der Waals surface area contributed by atoms with Gasteiger partial charge in [0.1, 0.15) is 5.75 Å². The first-order chi connectivity index (χ1) is 14.9. The SMILES string of the molecule is Cc1c(C(=O)C(N)=O)c2c(OCC(=O)O)cc3c(c2n1CC1CCCCC1)=CCCC=3. The number of carboxylic acid groups (broad SMARTS) is 1. The van der Waals surface area contributed by atoms with Gasteiger partial charge in [0.15, 0.2) is 6.61 Å². The molecule has 1 heterocycles. The van der Waals surface area contributed by atoms with E-state index in [1.54, 1.807) is 6.07 Å². The van der Waals surface area contributed by atoms with Crippen molar-refractivity contribution in [2.75, 3.05) is 6.61 Å². The lowest BCUT2D eigenvalue weighted by molar-refractivity contribution is -0.139. The number of aliphatic carboxylic acids is 1. The van der Waals surface area contributed by atoms with Crippen molar-refractivity contribution < 1.29 is 24.2 Å². The number of hydrogen-bond acceptors (Lipinski definition) is 4. The van der Waals surface area contributed by atoms with E-state index in [1.807, 2.05) is 6.92 Å². The fraction of sp³-hybridized carbons (Fsp3) is 0.458. The van der Waals surface area contributed by atoms with Crippen molar-refractivity contribution in [3.8, 4) is 5.75 Å². The molecule has 1 aromatic carbocycles. The van der Waals surface area contributed by atoms with Crippen LogP contribution in [0.4, 0.5) is 0 Å². The highest BCUT2D eigenvalue weighted by atomic mass is 16.5. The molecule has 1 amide bonds. The van der Waals surface area contributed by atoms with Gasteiger partial charge in [-0.25, -0.2) is 4.79 Å². The summed E-state index contributed by atoms with van der Waals surface area (Å²) in [7, 11) is 0. The van der Waals surface area contributed by atoms with E-state index in [2.05, 4.69) is 16.7 Å². The normalized spacial score (nSPS) is 16.3. The highest BCUT2D eigenvalue weighted by molar-refractivity contribution is 6.45. The Labute approximate surface area is 180 Å². The van der Waals surface area contributed by atoms with Gasteiger partial charge in [0.2, 0.25) is 0 Å². The molecule has 0 radical (unpaired) electrons. The largest absolute Gasteiger partial charge is 0.481 e. The molecule has 1 aromatic heterocycles.